The van der Waals surface area contributed by atoms with E-state index in [-0.39, 0.29) is 10.4 Å². The van der Waals surface area contributed by atoms with Crippen LogP contribution in [0.1, 0.15) is 20.0 Å². The third-order valence-electron chi connectivity index (χ3n) is 1.15. The minimum Gasteiger partial charge on any atom is -0.366 e. The van der Waals surface area contributed by atoms with Crippen molar-refractivity contribution in [2.45, 2.75) is 0 Å². The topological polar surface area (TPSA) is 86.2 Å². The van der Waals surface area contributed by atoms with Gasteiger partial charge in [0.05, 0.1) is 5.56 Å². The number of carbonyl (C=O) groups excluding carboxylic acids is 2. The van der Waals surface area contributed by atoms with E-state index >= 15 is 0 Å². The molecular weight excluding hydrogens is 164 g/mol. The van der Waals surface area contributed by atoms with Crippen LogP contribution in [0.4, 0.5) is 0 Å². The molecule has 0 bridgehead atoms. The molecule has 0 aromatic carbocycles. The fourth-order valence-electron chi connectivity index (χ4n) is 0.694. The van der Waals surface area contributed by atoms with Crippen LogP contribution in [0.15, 0.2) is 11.4 Å². The highest BCUT2D eigenvalue weighted by Gasteiger charge is 2.13. The van der Waals surface area contributed by atoms with Crippen molar-refractivity contribution in [1.82, 2.24) is 0 Å². The number of primary amides is 2. The lowest BCUT2D eigenvalue weighted by Crippen LogP contribution is -2.17. The summed E-state index contributed by atoms with van der Waals surface area (Å²) in [4.78, 5) is 21.4. The van der Waals surface area contributed by atoms with E-state index in [1.807, 2.05) is 0 Å². The predicted molar refractivity (Wildman–Crippen MR) is 41.4 cm³/mol. The highest BCUT2D eigenvalue weighted by molar-refractivity contribution is 7.12. The average molecular weight is 170 g/mol. The van der Waals surface area contributed by atoms with Crippen LogP contribution in [0.3, 0.4) is 0 Å². The van der Waals surface area contributed by atoms with Crippen LogP contribution in [-0.2, 0) is 0 Å². The van der Waals surface area contributed by atoms with Crippen LogP contribution in [0.2, 0.25) is 0 Å². The van der Waals surface area contributed by atoms with E-state index in [4.69, 9.17) is 11.5 Å². The Morgan fingerprint density at radius 2 is 1.91 bits per heavy atom. The number of hydrogen-bond acceptors (Lipinski definition) is 3. The summed E-state index contributed by atoms with van der Waals surface area (Å²) in [5.74, 6) is -1.24. The summed E-state index contributed by atoms with van der Waals surface area (Å²) in [5.41, 5.74) is 10.1. The van der Waals surface area contributed by atoms with E-state index in [1.54, 1.807) is 5.38 Å². The Kier molecular flexibility index (Phi) is 1.91. The number of carbonyl (C=O) groups is 2. The van der Waals surface area contributed by atoms with E-state index in [9.17, 15) is 9.59 Å². The molecule has 0 saturated heterocycles. The molecule has 11 heavy (non-hydrogen) atoms. The van der Waals surface area contributed by atoms with Crippen molar-refractivity contribution in [3.05, 3.63) is 21.9 Å². The van der Waals surface area contributed by atoms with Gasteiger partial charge in [-0.05, 0) is 11.4 Å². The number of rotatable bonds is 2. The Morgan fingerprint density at radius 3 is 2.27 bits per heavy atom. The summed E-state index contributed by atoms with van der Waals surface area (Å²) in [6, 6.07) is 1.48. The molecule has 1 rings (SSSR count). The van der Waals surface area contributed by atoms with Crippen LogP contribution < -0.4 is 11.5 Å². The number of hydrogen-bond donors (Lipinski definition) is 2. The molecule has 0 aliphatic rings. The average Bonchev–Trinajstić information content (AvgIpc) is 2.32. The van der Waals surface area contributed by atoms with Gasteiger partial charge in [-0.25, -0.2) is 0 Å². The molecule has 0 atom stereocenters. The predicted octanol–water partition coefficient (Wildman–Crippen LogP) is -0.0541. The van der Waals surface area contributed by atoms with Crippen molar-refractivity contribution < 1.29 is 9.59 Å². The van der Waals surface area contributed by atoms with Gasteiger partial charge < -0.3 is 11.5 Å². The zero-order valence-electron chi connectivity index (χ0n) is 5.53. The van der Waals surface area contributed by atoms with Crippen molar-refractivity contribution in [3.8, 4) is 0 Å². The summed E-state index contributed by atoms with van der Waals surface area (Å²) in [5, 5.41) is 1.60. The summed E-state index contributed by atoms with van der Waals surface area (Å²) in [7, 11) is 0. The third kappa shape index (κ3) is 1.38. The summed E-state index contributed by atoms with van der Waals surface area (Å²) in [6.07, 6.45) is 0. The first kappa shape index (κ1) is 7.74. The Balaban J connectivity index is 3.16. The first-order chi connectivity index (χ1) is 5.13. The first-order valence-corrected chi connectivity index (χ1v) is 3.68. The summed E-state index contributed by atoms with van der Waals surface area (Å²) >= 11 is 1.11. The van der Waals surface area contributed by atoms with Gasteiger partial charge in [-0.3, -0.25) is 9.59 Å². The van der Waals surface area contributed by atoms with E-state index in [2.05, 4.69) is 0 Å². The molecule has 0 fully saturated rings. The standard InChI is InChI=1S/C6H6N2O2S/c7-5(9)3-1-2-11-4(3)6(8)10/h1-2H,(H2,7,9)(H2,8,10). The molecule has 0 unspecified atom stereocenters. The molecule has 58 valence electrons. The van der Waals surface area contributed by atoms with Gasteiger partial charge in [-0.2, -0.15) is 0 Å². The van der Waals surface area contributed by atoms with Crippen LogP contribution in [0, 0.1) is 0 Å². The van der Waals surface area contributed by atoms with Crippen LogP contribution >= 0.6 is 11.3 Å². The Hall–Kier alpha value is -1.36. The van der Waals surface area contributed by atoms with Gasteiger partial charge in [0.1, 0.15) is 4.88 Å². The van der Waals surface area contributed by atoms with Gasteiger partial charge in [0.15, 0.2) is 0 Å². The van der Waals surface area contributed by atoms with Crippen molar-refractivity contribution in [2.75, 3.05) is 0 Å². The van der Waals surface area contributed by atoms with E-state index in [1.165, 1.54) is 6.07 Å². The van der Waals surface area contributed by atoms with Gasteiger partial charge in [-0.15, -0.1) is 11.3 Å². The number of thiophene rings is 1. The summed E-state index contributed by atoms with van der Waals surface area (Å²) < 4.78 is 0. The molecule has 4 nitrogen and oxygen atoms in total. The maximum atomic E-state index is 10.6. The minimum atomic E-state index is -0.625. The molecule has 2 amide bonds. The second-order valence-corrected chi connectivity index (χ2v) is 2.81. The maximum Gasteiger partial charge on any atom is 0.259 e. The fourth-order valence-corrected chi connectivity index (χ4v) is 1.45. The fraction of sp³-hybridized carbons (Fsp3) is 0. The second-order valence-electron chi connectivity index (χ2n) is 1.89. The molecule has 1 heterocycles. The third-order valence-corrected chi connectivity index (χ3v) is 2.08. The zero-order chi connectivity index (χ0) is 8.43. The molecule has 0 saturated carbocycles. The molecule has 0 aliphatic heterocycles. The van der Waals surface area contributed by atoms with Crippen LogP contribution in [0.5, 0.6) is 0 Å². The smallest absolute Gasteiger partial charge is 0.259 e. The quantitative estimate of drug-likeness (QED) is 0.651. The first-order valence-electron chi connectivity index (χ1n) is 2.80. The summed E-state index contributed by atoms with van der Waals surface area (Å²) in [6.45, 7) is 0. The van der Waals surface area contributed by atoms with Crippen molar-refractivity contribution in [1.29, 1.82) is 0 Å². The van der Waals surface area contributed by atoms with Gasteiger partial charge in [0.2, 0.25) is 5.91 Å². The SMILES string of the molecule is NC(=O)c1ccsc1C(N)=O. The maximum absolute atomic E-state index is 10.6. The van der Waals surface area contributed by atoms with Crippen LogP contribution in [-0.4, -0.2) is 11.8 Å². The molecule has 0 spiro atoms. The lowest BCUT2D eigenvalue weighted by molar-refractivity contribution is 0.0970. The van der Waals surface area contributed by atoms with E-state index < -0.39 is 11.8 Å². The largest absolute Gasteiger partial charge is 0.366 e. The lowest BCUT2D eigenvalue weighted by atomic mass is 10.2. The normalized spacial score (nSPS) is 9.45. The minimum absolute atomic E-state index is 0.197. The highest BCUT2D eigenvalue weighted by Crippen LogP contribution is 2.14. The van der Waals surface area contributed by atoms with Gasteiger partial charge in [0.25, 0.3) is 5.91 Å². The molecule has 0 aliphatic carbocycles. The van der Waals surface area contributed by atoms with Crippen molar-refractivity contribution in [3.63, 3.8) is 0 Å². The van der Waals surface area contributed by atoms with Crippen molar-refractivity contribution >= 4 is 23.2 Å². The molecular formula is C6H6N2O2S. The Labute approximate surface area is 66.8 Å². The molecule has 1 aromatic heterocycles. The van der Waals surface area contributed by atoms with Gasteiger partial charge >= 0.3 is 0 Å². The van der Waals surface area contributed by atoms with Crippen molar-refractivity contribution in [2.24, 2.45) is 11.5 Å². The number of nitrogens with two attached hydrogens (primary N) is 2. The van der Waals surface area contributed by atoms with E-state index in [0.717, 1.165) is 11.3 Å². The Bertz CT molecular complexity index is 277. The molecule has 5 heteroatoms. The Morgan fingerprint density at radius 1 is 1.27 bits per heavy atom. The van der Waals surface area contributed by atoms with Gasteiger partial charge in [0, 0.05) is 0 Å². The molecule has 1 aromatic rings. The zero-order valence-corrected chi connectivity index (χ0v) is 6.35. The van der Waals surface area contributed by atoms with E-state index in [0.29, 0.717) is 0 Å². The molecule has 4 N–H and O–H groups in total. The second kappa shape index (κ2) is 2.71. The molecule has 0 radical (unpaired) electrons. The van der Waals surface area contributed by atoms with Crippen LogP contribution in [0.25, 0.3) is 0 Å². The highest BCUT2D eigenvalue weighted by atomic mass is 32.1. The lowest BCUT2D eigenvalue weighted by Gasteiger charge is -1.92. The number of amides is 2. The van der Waals surface area contributed by atoms with Gasteiger partial charge in [-0.1, -0.05) is 0 Å². The monoisotopic (exact) mass is 170 g/mol.